The number of anilines is 1. The first kappa shape index (κ1) is 26.4. The number of nitrogen functional groups attached to an aromatic ring is 1. The van der Waals surface area contributed by atoms with E-state index in [0.717, 1.165) is 18.4 Å². The molecule has 0 aliphatic heterocycles. The van der Waals surface area contributed by atoms with Crippen molar-refractivity contribution in [2.75, 3.05) is 12.3 Å². The number of aromatic nitrogens is 4. The molecule has 0 radical (unpaired) electrons. The van der Waals surface area contributed by atoms with E-state index in [1.165, 1.54) is 4.52 Å². The Bertz CT molecular complexity index is 1100. The van der Waals surface area contributed by atoms with E-state index in [1.807, 2.05) is 25.1 Å². The van der Waals surface area contributed by atoms with Crippen LogP contribution >= 0.6 is 0 Å². The number of rotatable bonds is 9. The van der Waals surface area contributed by atoms with Gasteiger partial charge < -0.3 is 27.6 Å². The van der Waals surface area contributed by atoms with Gasteiger partial charge in [-0.1, -0.05) is 39.1 Å². The van der Waals surface area contributed by atoms with Gasteiger partial charge in [0.1, 0.15) is 11.9 Å². The molecule has 0 bridgehead atoms. The van der Waals surface area contributed by atoms with E-state index >= 15 is 0 Å². The lowest BCUT2D eigenvalue weighted by Gasteiger charge is -2.21. The van der Waals surface area contributed by atoms with Crippen molar-refractivity contribution in [3.8, 4) is 11.6 Å². The summed E-state index contributed by atoms with van der Waals surface area (Å²) >= 11 is 0. The number of ketones is 1. The third-order valence-electron chi connectivity index (χ3n) is 5.39. The minimum Gasteiger partial charge on any atom is -1.00 e. The summed E-state index contributed by atoms with van der Waals surface area (Å²) in [6.07, 6.45) is 1.87. The second-order valence-corrected chi connectivity index (χ2v) is 8.87. The number of carbonyl (C=O) groups is 1. The van der Waals surface area contributed by atoms with Gasteiger partial charge in [0.25, 0.3) is 5.88 Å². The van der Waals surface area contributed by atoms with Gasteiger partial charge in [0.15, 0.2) is 6.54 Å². The molecule has 0 unspecified atom stereocenters. The third-order valence-corrected chi connectivity index (χ3v) is 5.39. The summed E-state index contributed by atoms with van der Waals surface area (Å²) in [6, 6.07) is 9.29. The summed E-state index contributed by atoms with van der Waals surface area (Å²) in [5.41, 5.74) is 8.20. The first-order valence-corrected chi connectivity index (χ1v) is 11.2. The first-order chi connectivity index (χ1) is 15.2. The van der Waals surface area contributed by atoms with Crippen molar-refractivity contribution in [3.63, 3.8) is 0 Å². The van der Waals surface area contributed by atoms with E-state index in [2.05, 4.69) is 44.8 Å². The fourth-order valence-electron chi connectivity index (χ4n) is 3.46. The summed E-state index contributed by atoms with van der Waals surface area (Å²) in [5.74, 6) is 1.28. The highest BCUT2D eigenvalue weighted by Crippen LogP contribution is 2.28. The maximum absolute atomic E-state index is 13.2. The van der Waals surface area contributed by atoms with Crippen molar-refractivity contribution in [3.05, 3.63) is 41.5 Å². The molecule has 8 nitrogen and oxygen atoms in total. The molecule has 0 fully saturated rings. The Hall–Kier alpha value is -2.87. The van der Waals surface area contributed by atoms with E-state index in [1.54, 1.807) is 16.8 Å². The zero-order chi connectivity index (χ0) is 23.5. The van der Waals surface area contributed by atoms with Crippen molar-refractivity contribution in [1.29, 1.82) is 0 Å². The van der Waals surface area contributed by atoms with Crippen molar-refractivity contribution >= 4 is 17.4 Å². The number of nitrogens with two attached hydrogens (primary N) is 1. The quantitative estimate of drug-likeness (QED) is 0.362. The second-order valence-electron chi connectivity index (χ2n) is 8.87. The summed E-state index contributed by atoms with van der Waals surface area (Å²) in [5, 5.41) is 8.78. The lowest BCUT2D eigenvalue weighted by Crippen LogP contribution is -3.00. The molecular formula is C24H34ClN5O3. The Morgan fingerprint density at radius 3 is 2.45 bits per heavy atom. The van der Waals surface area contributed by atoms with E-state index < -0.39 is 0 Å². The molecule has 0 aliphatic carbocycles. The Balaban J connectivity index is 0.00000385. The van der Waals surface area contributed by atoms with Crippen LogP contribution in [0.25, 0.3) is 5.65 Å². The van der Waals surface area contributed by atoms with Crippen LogP contribution in [-0.2, 0) is 12.0 Å². The number of fused-ring (bicyclic) bond motifs is 1. The van der Waals surface area contributed by atoms with Crippen molar-refractivity contribution in [2.45, 2.75) is 72.4 Å². The molecule has 0 aliphatic rings. The number of hydrogen-bond donors (Lipinski definition) is 1. The van der Waals surface area contributed by atoms with E-state index in [-0.39, 0.29) is 42.2 Å². The average molecular weight is 476 g/mol. The molecule has 0 saturated carbocycles. The number of ether oxygens (including phenoxy) is 2. The van der Waals surface area contributed by atoms with Gasteiger partial charge in [0.05, 0.1) is 6.61 Å². The average Bonchev–Trinajstić information content (AvgIpc) is 3.06. The SMILES string of the molecule is CCOc1cc(C(=O)C[n+]2nc(N)n3nc(OC(CC)CC)ccc32)cc(C(C)(C)C)c1.[Cl-]. The van der Waals surface area contributed by atoms with Crippen LogP contribution in [-0.4, -0.2) is 33.2 Å². The van der Waals surface area contributed by atoms with Crippen LogP contribution in [0.2, 0.25) is 0 Å². The highest BCUT2D eigenvalue weighted by atomic mass is 35.5. The zero-order valence-corrected chi connectivity index (χ0v) is 21.0. The Morgan fingerprint density at radius 1 is 1.15 bits per heavy atom. The molecule has 0 spiro atoms. The van der Waals surface area contributed by atoms with Crippen LogP contribution < -0.4 is 32.3 Å². The highest BCUT2D eigenvalue weighted by molar-refractivity contribution is 5.95. The van der Waals surface area contributed by atoms with E-state index in [4.69, 9.17) is 15.2 Å². The van der Waals surface area contributed by atoms with Gasteiger partial charge in [-0.2, -0.15) is 0 Å². The molecule has 180 valence electrons. The van der Waals surface area contributed by atoms with Crippen molar-refractivity contribution in [1.82, 2.24) is 14.7 Å². The Morgan fingerprint density at radius 2 is 1.85 bits per heavy atom. The minimum atomic E-state index is -0.115. The molecule has 1 aromatic carbocycles. The third kappa shape index (κ3) is 6.13. The fourth-order valence-corrected chi connectivity index (χ4v) is 3.46. The Labute approximate surface area is 201 Å². The number of nitrogens with zero attached hydrogens (tertiary/aromatic N) is 4. The number of Topliss-reactive ketones (excluding diaryl/α,β-unsaturated/α-hetero) is 1. The lowest BCUT2D eigenvalue weighted by atomic mass is 9.85. The lowest BCUT2D eigenvalue weighted by molar-refractivity contribution is -0.714. The van der Waals surface area contributed by atoms with Crippen LogP contribution in [0, 0.1) is 0 Å². The minimum absolute atomic E-state index is 0. The number of benzene rings is 1. The maximum Gasteiger partial charge on any atom is 0.355 e. The van der Waals surface area contributed by atoms with Crippen LogP contribution in [0.15, 0.2) is 30.3 Å². The maximum atomic E-state index is 13.2. The molecule has 0 saturated heterocycles. The molecule has 9 heteroatoms. The number of hydrogen-bond acceptors (Lipinski definition) is 6. The topological polar surface area (TPSA) is 95.6 Å². The van der Waals surface area contributed by atoms with Crippen molar-refractivity contribution in [2.24, 2.45) is 0 Å². The first-order valence-electron chi connectivity index (χ1n) is 11.2. The summed E-state index contributed by atoms with van der Waals surface area (Å²) in [6.45, 7) is 13.0. The number of halogens is 1. The van der Waals surface area contributed by atoms with Crippen LogP contribution in [0.1, 0.15) is 70.3 Å². The zero-order valence-electron chi connectivity index (χ0n) is 20.3. The van der Waals surface area contributed by atoms with Crippen LogP contribution in [0.4, 0.5) is 5.95 Å². The molecule has 2 heterocycles. The normalized spacial score (nSPS) is 11.5. The molecule has 33 heavy (non-hydrogen) atoms. The second kappa shape index (κ2) is 10.8. The van der Waals surface area contributed by atoms with Gasteiger partial charge >= 0.3 is 11.6 Å². The molecule has 0 atom stereocenters. The molecule has 2 N–H and O–H groups in total. The molecular weight excluding hydrogens is 442 g/mol. The van der Waals surface area contributed by atoms with Gasteiger partial charge in [0.2, 0.25) is 5.78 Å². The van der Waals surface area contributed by atoms with Crippen LogP contribution in [0.5, 0.6) is 11.6 Å². The summed E-state index contributed by atoms with van der Waals surface area (Å²) in [7, 11) is 0. The molecule has 0 amide bonds. The van der Waals surface area contributed by atoms with Gasteiger partial charge in [-0.3, -0.25) is 4.79 Å². The standard InChI is InChI=1S/C24H34N5O3.ClH/c1-7-18(8-2)32-21-10-11-22-28(27-23(25)29(22)26-21)15-20(30)16-12-17(24(4,5)6)14-19(13-16)31-9-3;/h10-14,18H,7-9,15H2,1-6H3,(H2,25,27);1H/q+1;/p-1. The van der Waals surface area contributed by atoms with E-state index in [0.29, 0.717) is 29.4 Å². The van der Waals surface area contributed by atoms with Crippen molar-refractivity contribution < 1.29 is 31.4 Å². The van der Waals surface area contributed by atoms with Gasteiger partial charge in [-0.25, -0.2) is 0 Å². The summed E-state index contributed by atoms with van der Waals surface area (Å²) in [4.78, 5) is 13.2. The van der Waals surface area contributed by atoms with E-state index in [9.17, 15) is 4.79 Å². The largest absolute Gasteiger partial charge is 1.00 e. The Kier molecular flexibility index (Phi) is 8.66. The van der Waals surface area contributed by atoms with Gasteiger partial charge in [-0.05, 0) is 59.1 Å². The monoisotopic (exact) mass is 475 g/mol. The van der Waals surface area contributed by atoms with Gasteiger partial charge in [-0.15, -0.1) is 4.68 Å². The highest BCUT2D eigenvalue weighted by Gasteiger charge is 2.24. The molecule has 3 aromatic rings. The molecule has 3 rings (SSSR count). The summed E-state index contributed by atoms with van der Waals surface area (Å²) < 4.78 is 14.7. The van der Waals surface area contributed by atoms with Crippen LogP contribution in [0.3, 0.4) is 0 Å². The smallest absolute Gasteiger partial charge is 0.355 e. The predicted molar refractivity (Wildman–Crippen MR) is 123 cm³/mol. The van der Waals surface area contributed by atoms with Gasteiger partial charge in [0, 0.05) is 17.7 Å². The number of carbonyl (C=O) groups excluding carboxylic acids is 1. The molecule has 2 aromatic heterocycles. The fraction of sp³-hybridized carbons (Fsp3) is 0.500. The predicted octanol–water partition coefficient (Wildman–Crippen LogP) is 0.750.